The molecular formula is C31H47N5O5. The number of unbranched alkanes of at least 4 members (excludes halogenated alkanes) is 1. The smallest absolute Gasteiger partial charge is 0.410 e. The van der Waals surface area contributed by atoms with Gasteiger partial charge in [0.25, 0.3) is 5.91 Å². The molecular weight excluding hydrogens is 522 g/mol. The summed E-state index contributed by atoms with van der Waals surface area (Å²) in [6.07, 6.45) is 2.77. The standard InChI is InChI=1S/C31H47N5O5/c1-22(2)19-36(29(38)27-32-25-12-7-8-13-26(25)35(27)16-9-10-17-40-6)24-18-23(28(37)33-14-11-15-33)20-34(21-24)30(39)41-31(3,4)5/h7-8,12-13,22-24H,9-11,14-21H2,1-6H3/t23?,24-/m0/s1. The highest BCUT2D eigenvalue weighted by Gasteiger charge is 2.42. The van der Waals surface area contributed by atoms with Gasteiger partial charge in [-0.25, -0.2) is 9.78 Å². The van der Waals surface area contributed by atoms with Crippen LogP contribution in [0.2, 0.25) is 0 Å². The van der Waals surface area contributed by atoms with E-state index in [1.54, 1.807) is 12.0 Å². The summed E-state index contributed by atoms with van der Waals surface area (Å²) in [5.74, 6) is 0.0609. The van der Waals surface area contributed by atoms with E-state index in [2.05, 4.69) is 13.8 Å². The number of aryl methyl sites for hydroxylation is 1. The van der Waals surface area contributed by atoms with E-state index in [4.69, 9.17) is 14.5 Å². The summed E-state index contributed by atoms with van der Waals surface area (Å²) < 4.78 is 13.0. The topological polar surface area (TPSA) is 97.2 Å². The van der Waals surface area contributed by atoms with Crippen LogP contribution in [0.5, 0.6) is 0 Å². The Hall–Kier alpha value is -3.14. The van der Waals surface area contributed by atoms with Gasteiger partial charge in [-0.3, -0.25) is 9.59 Å². The molecule has 1 unspecified atom stereocenters. The maximum absolute atomic E-state index is 14.4. The van der Waals surface area contributed by atoms with Gasteiger partial charge in [-0.15, -0.1) is 0 Å². The Balaban J connectivity index is 1.67. The Kier molecular flexibility index (Phi) is 9.94. The molecule has 1 aromatic heterocycles. The fourth-order valence-corrected chi connectivity index (χ4v) is 5.65. The van der Waals surface area contributed by atoms with Crippen LogP contribution in [-0.4, -0.2) is 100 Å². The van der Waals surface area contributed by atoms with E-state index in [9.17, 15) is 14.4 Å². The van der Waals surface area contributed by atoms with Gasteiger partial charge in [0, 0.05) is 53.0 Å². The number of rotatable bonds is 10. The lowest BCUT2D eigenvalue weighted by molar-refractivity contribution is -0.141. The number of carbonyl (C=O) groups is 3. The Morgan fingerprint density at radius 2 is 1.80 bits per heavy atom. The number of para-hydroxylation sites is 2. The predicted octanol–water partition coefficient (Wildman–Crippen LogP) is 4.42. The molecule has 0 radical (unpaired) electrons. The zero-order chi connectivity index (χ0) is 29.7. The highest BCUT2D eigenvalue weighted by atomic mass is 16.6. The van der Waals surface area contributed by atoms with Crippen molar-refractivity contribution in [3.05, 3.63) is 30.1 Å². The number of fused-ring (bicyclic) bond motifs is 1. The zero-order valence-corrected chi connectivity index (χ0v) is 25.6. The van der Waals surface area contributed by atoms with Crippen molar-refractivity contribution >= 4 is 28.9 Å². The fraction of sp³-hybridized carbons (Fsp3) is 0.677. The van der Waals surface area contributed by atoms with E-state index >= 15 is 0 Å². The van der Waals surface area contributed by atoms with E-state index < -0.39 is 17.6 Å². The number of carbonyl (C=O) groups excluding carboxylic acids is 3. The fourth-order valence-electron chi connectivity index (χ4n) is 5.65. The van der Waals surface area contributed by atoms with Crippen molar-refractivity contribution in [3.63, 3.8) is 0 Å². The summed E-state index contributed by atoms with van der Waals surface area (Å²) >= 11 is 0. The van der Waals surface area contributed by atoms with E-state index in [0.717, 1.165) is 43.4 Å². The van der Waals surface area contributed by atoms with Crippen LogP contribution >= 0.6 is 0 Å². The largest absolute Gasteiger partial charge is 0.444 e. The number of amides is 3. The Labute approximate surface area is 243 Å². The second-order valence-electron chi connectivity index (χ2n) is 12.8. The molecule has 0 spiro atoms. The van der Waals surface area contributed by atoms with Crippen molar-refractivity contribution in [2.75, 3.05) is 46.4 Å². The molecule has 2 aromatic rings. The van der Waals surface area contributed by atoms with Crippen LogP contribution in [-0.2, 0) is 20.8 Å². The number of imidazole rings is 1. The van der Waals surface area contributed by atoms with Gasteiger partial charge >= 0.3 is 6.09 Å². The molecule has 0 saturated carbocycles. The number of aromatic nitrogens is 2. The highest BCUT2D eigenvalue weighted by Crippen LogP contribution is 2.28. The van der Waals surface area contributed by atoms with E-state index in [0.29, 0.717) is 45.0 Å². The molecule has 1 aromatic carbocycles. The molecule has 2 fully saturated rings. The Morgan fingerprint density at radius 3 is 2.44 bits per heavy atom. The third kappa shape index (κ3) is 7.58. The molecule has 3 amide bonds. The number of methoxy groups -OCH3 is 1. The minimum Gasteiger partial charge on any atom is -0.444 e. The number of hydrogen-bond donors (Lipinski definition) is 0. The highest BCUT2D eigenvalue weighted by molar-refractivity contribution is 5.95. The molecule has 2 atom stereocenters. The van der Waals surface area contributed by atoms with E-state index in [1.807, 2.05) is 59.4 Å². The average molecular weight is 570 g/mol. The summed E-state index contributed by atoms with van der Waals surface area (Å²) in [5.41, 5.74) is 1.03. The molecule has 0 N–H and O–H groups in total. The van der Waals surface area contributed by atoms with Gasteiger partial charge in [-0.1, -0.05) is 26.0 Å². The molecule has 10 heteroatoms. The summed E-state index contributed by atoms with van der Waals surface area (Å²) in [7, 11) is 1.69. The van der Waals surface area contributed by atoms with Crippen molar-refractivity contribution in [1.82, 2.24) is 24.3 Å². The van der Waals surface area contributed by atoms with Crippen LogP contribution in [0.25, 0.3) is 11.0 Å². The summed E-state index contributed by atoms with van der Waals surface area (Å²) in [5, 5.41) is 0. The van der Waals surface area contributed by atoms with Gasteiger partial charge in [-0.05, 0) is 64.5 Å². The first kappa shape index (κ1) is 30.8. The minimum absolute atomic E-state index is 0.0526. The zero-order valence-electron chi connectivity index (χ0n) is 25.6. The lowest BCUT2D eigenvalue weighted by Gasteiger charge is -2.44. The van der Waals surface area contributed by atoms with Gasteiger partial charge in [-0.2, -0.15) is 0 Å². The summed E-state index contributed by atoms with van der Waals surface area (Å²) in [6.45, 7) is 13.5. The molecule has 3 heterocycles. The van der Waals surface area contributed by atoms with Crippen molar-refractivity contribution < 1.29 is 23.9 Å². The quantitative estimate of drug-likeness (QED) is 0.393. The SMILES string of the molecule is COCCCCn1c(C(=O)N(CC(C)C)[C@H]2CC(C(=O)N3CCC3)CN(C(=O)OC(C)(C)C)C2)nc2ccccc21. The average Bonchev–Trinajstić information content (AvgIpc) is 3.25. The van der Waals surface area contributed by atoms with Crippen molar-refractivity contribution in [2.45, 2.75) is 78.5 Å². The van der Waals surface area contributed by atoms with E-state index in [-0.39, 0.29) is 23.8 Å². The first-order valence-electron chi connectivity index (χ1n) is 15.0. The Bertz CT molecular complexity index is 1220. The number of ether oxygens (including phenoxy) is 2. The molecule has 2 aliphatic rings. The number of piperidine rings is 1. The van der Waals surface area contributed by atoms with Gasteiger partial charge in [0.2, 0.25) is 5.91 Å². The first-order valence-corrected chi connectivity index (χ1v) is 15.0. The second kappa shape index (κ2) is 13.2. The maximum atomic E-state index is 14.4. The van der Waals surface area contributed by atoms with Crippen LogP contribution in [0.15, 0.2) is 24.3 Å². The monoisotopic (exact) mass is 569 g/mol. The lowest BCUT2D eigenvalue weighted by atomic mass is 9.90. The van der Waals surface area contributed by atoms with Crippen molar-refractivity contribution in [1.29, 1.82) is 0 Å². The number of nitrogens with zero attached hydrogens (tertiary/aromatic N) is 5. The van der Waals surface area contributed by atoms with Crippen molar-refractivity contribution in [3.8, 4) is 0 Å². The number of hydrogen-bond acceptors (Lipinski definition) is 6. The summed E-state index contributed by atoms with van der Waals surface area (Å²) in [6, 6.07) is 7.47. The number of benzene rings is 1. The van der Waals surface area contributed by atoms with Gasteiger partial charge in [0.1, 0.15) is 5.60 Å². The third-order valence-electron chi connectivity index (χ3n) is 7.69. The molecule has 2 aliphatic heterocycles. The maximum Gasteiger partial charge on any atom is 0.410 e. The third-order valence-corrected chi connectivity index (χ3v) is 7.69. The van der Waals surface area contributed by atoms with Crippen LogP contribution in [0.3, 0.4) is 0 Å². The van der Waals surface area contributed by atoms with Gasteiger partial charge in [0.15, 0.2) is 5.82 Å². The van der Waals surface area contributed by atoms with Crippen molar-refractivity contribution in [2.24, 2.45) is 11.8 Å². The predicted molar refractivity (Wildman–Crippen MR) is 158 cm³/mol. The molecule has 4 rings (SSSR count). The second-order valence-corrected chi connectivity index (χ2v) is 12.8. The van der Waals surface area contributed by atoms with Crippen LogP contribution in [0.1, 0.15) is 70.9 Å². The molecule has 0 bridgehead atoms. The molecule has 2 saturated heterocycles. The Morgan fingerprint density at radius 1 is 1.07 bits per heavy atom. The molecule has 41 heavy (non-hydrogen) atoms. The molecule has 10 nitrogen and oxygen atoms in total. The lowest BCUT2D eigenvalue weighted by Crippen LogP contribution is -2.59. The minimum atomic E-state index is -0.665. The molecule has 226 valence electrons. The number of likely N-dealkylation sites (tertiary alicyclic amines) is 2. The van der Waals surface area contributed by atoms with Gasteiger partial charge < -0.3 is 28.7 Å². The molecule has 0 aliphatic carbocycles. The first-order chi connectivity index (χ1) is 19.5. The van der Waals surface area contributed by atoms with Crippen LogP contribution < -0.4 is 0 Å². The van der Waals surface area contributed by atoms with Crippen LogP contribution in [0.4, 0.5) is 4.79 Å². The summed E-state index contributed by atoms with van der Waals surface area (Å²) in [4.78, 5) is 51.2. The van der Waals surface area contributed by atoms with Gasteiger partial charge in [0.05, 0.1) is 23.0 Å². The normalized spacial score (nSPS) is 19.4. The van der Waals surface area contributed by atoms with E-state index in [1.165, 1.54) is 0 Å². The van der Waals surface area contributed by atoms with Crippen LogP contribution in [0, 0.1) is 11.8 Å².